The normalized spacial score (nSPS) is 23.2. The molecule has 4 rings (SSSR count). The van der Waals surface area contributed by atoms with Crippen LogP contribution in [0.2, 0.25) is 0 Å². The Morgan fingerprint density at radius 3 is 2.83 bits per heavy atom. The molecule has 0 unspecified atom stereocenters. The summed E-state index contributed by atoms with van der Waals surface area (Å²) in [4.78, 5) is 16.4. The maximum absolute atomic E-state index is 12.4. The number of hydrogen-bond acceptors (Lipinski definition) is 4. The third-order valence-electron chi connectivity index (χ3n) is 5.08. The number of nitrogens with zero attached hydrogens (tertiary/aromatic N) is 2. The molecule has 2 atom stereocenters. The summed E-state index contributed by atoms with van der Waals surface area (Å²) in [5.41, 5.74) is 3.69. The molecule has 2 aromatic heterocycles. The number of hydrogen-bond donors (Lipinski definition) is 1. The van der Waals surface area contributed by atoms with Gasteiger partial charge in [0.2, 0.25) is 0 Å². The van der Waals surface area contributed by atoms with Crippen LogP contribution in [0.4, 0.5) is 0 Å². The van der Waals surface area contributed by atoms with Crippen molar-refractivity contribution in [3.05, 3.63) is 63.8 Å². The topological polar surface area (TPSA) is 56.2 Å². The second kappa shape index (κ2) is 6.87. The van der Waals surface area contributed by atoms with Crippen molar-refractivity contribution in [2.24, 2.45) is 0 Å². The summed E-state index contributed by atoms with van der Waals surface area (Å²) in [6, 6.07) is 8.63. The average molecular weight is 325 g/mol. The van der Waals surface area contributed by atoms with Gasteiger partial charge < -0.3 is 14.6 Å². The predicted octanol–water partition coefficient (Wildman–Crippen LogP) is 1.53. The molecule has 0 amide bonds. The van der Waals surface area contributed by atoms with Crippen molar-refractivity contribution >= 4 is 0 Å². The monoisotopic (exact) mass is 325 g/mol. The van der Waals surface area contributed by atoms with Crippen LogP contribution in [-0.2, 0) is 24.1 Å². The fraction of sp³-hybridized carbons (Fsp3) is 0.474. The zero-order chi connectivity index (χ0) is 16.4. The molecule has 0 spiro atoms. The highest BCUT2D eigenvalue weighted by Crippen LogP contribution is 2.22. The Hall–Kier alpha value is -1.98. The Morgan fingerprint density at radius 1 is 1.17 bits per heavy atom. The maximum Gasteiger partial charge on any atom is 0.251 e. The molecule has 0 radical (unpaired) electrons. The Balaban J connectivity index is 1.54. The van der Waals surface area contributed by atoms with Crippen LogP contribution in [-0.4, -0.2) is 34.8 Å². The van der Waals surface area contributed by atoms with Gasteiger partial charge in [-0.25, -0.2) is 0 Å². The molecule has 2 aromatic rings. The Morgan fingerprint density at radius 2 is 2.04 bits per heavy atom. The summed E-state index contributed by atoms with van der Waals surface area (Å²) >= 11 is 0. The van der Waals surface area contributed by atoms with Crippen LogP contribution >= 0.6 is 0 Å². The first-order valence-corrected chi connectivity index (χ1v) is 8.74. The van der Waals surface area contributed by atoms with Gasteiger partial charge in [0.1, 0.15) is 0 Å². The first kappa shape index (κ1) is 15.5. The van der Waals surface area contributed by atoms with Gasteiger partial charge in [0.05, 0.1) is 13.2 Å². The lowest BCUT2D eigenvalue weighted by Crippen LogP contribution is -2.43. The van der Waals surface area contributed by atoms with Crippen molar-refractivity contribution in [1.82, 2.24) is 14.9 Å². The van der Waals surface area contributed by atoms with Gasteiger partial charge in [-0.3, -0.25) is 9.78 Å². The molecule has 1 N–H and O–H groups in total. The van der Waals surface area contributed by atoms with E-state index >= 15 is 0 Å². The molecule has 24 heavy (non-hydrogen) atoms. The van der Waals surface area contributed by atoms with E-state index in [9.17, 15) is 4.79 Å². The quantitative estimate of drug-likeness (QED) is 0.926. The molecule has 5 heteroatoms. The molecule has 126 valence electrons. The second-order valence-electron chi connectivity index (χ2n) is 6.75. The zero-order valence-electron chi connectivity index (χ0n) is 13.8. The van der Waals surface area contributed by atoms with Gasteiger partial charge in [-0.15, -0.1) is 0 Å². The summed E-state index contributed by atoms with van der Waals surface area (Å²) in [6.07, 6.45) is 7.66. The predicted molar refractivity (Wildman–Crippen MR) is 92.2 cm³/mol. The minimum absolute atomic E-state index is 0.0844. The first-order chi connectivity index (χ1) is 11.8. The molecule has 0 saturated carbocycles. The van der Waals surface area contributed by atoms with Crippen molar-refractivity contribution in [1.29, 1.82) is 0 Å². The highest BCUT2D eigenvalue weighted by Gasteiger charge is 2.25. The van der Waals surface area contributed by atoms with Crippen LogP contribution in [0.1, 0.15) is 29.7 Å². The molecule has 5 nitrogen and oxygen atoms in total. The smallest absolute Gasteiger partial charge is 0.251 e. The molecule has 2 aliphatic rings. The van der Waals surface area contributed by atoms with E-state index in [4.69, 9.17) is 4.74 Å². The molecule has 3 heterocycles. The molecule has 0 bridgehead atoms. The van der Waals surface area contributed by atoms with E-state index in [0.29, 0.717) is 18.6 Å². The SMILES string of the molecule is O=c1ccc2c(n1Cc1ccncc1)CC[C@H](N[C@@H]1CCOC1)C2. The second-order valence-corrected chi connectivity index (χ2v) is 6.75. The third kappa shape index (κ3) is 3.28. The van der Waals surface area contributed by atoms with Crippen molar-refractivity contribution in [3.8, 4) is 0 Å². The number of ether oxygens (including phenoxy) is 1. The molecule has 1 aliphatic heterocycles. The van der Waals surface area contributed by atoms with Gasteiger partial charge in [-0.1, -0.05) is 6.07 Å². The van der Waals surface area contributed by atoms with E-state index in [-0.39, 0.29) is 5.56 Å². The fourth-order valence-corrected chi connectivity index (χ4v) is 3.81. The molecule has 1 saturated heterocycles. The maximum atomic E-state index is 12.4. The minimum atomic E-state index is 0.0844. The third-order valence-corrected chi connectivity index (χ3v) is 5.08. The largest absolute Gasteiger partial charge is 0.380 e. The highest BCUT2D eigenvalue weighted by atomic mass is 16.5. The molecule has 0 aromatic carbocycles. The van der Waals surface area contributed by atoms with Gasteiger partial charge in [-0.05, 0) is 48.9 Å². The minimum Gasteiger partial charge on any atom is -0.380 e. The van der Waals surface area contributed by atoms with E-state index in [2.05, 4.69) is 10.3 Å². The van der Waals surface area contributed by atoms with Gasteiger partial charge in [0.15, 0.2) is 0 Å². The molecule has 1 fully saturated rings. The first-order valence-electron chi connectivity index (χ1n) is 8.74. The van der Waals surface area contributed by atoms with E-state index in [1.54, 1.807) is 18.5 Å². The highest BCUT2D eigenvalue weighted by molar-refractivity contribution is 5.27. The number of nitrogens with one attached hydrogen (secondary N) is 1. The lowest BCUT2D eigenvalue weighted by Gasteiger charge is -2.29. The lowest BCUT2D eigenvalue weighted by atomic mass is 9.90. The van der Waals surface area contributed by atoms with E-state index in [1.807, 2.05) is 22.8 Å². The number of fused-ring (bicyclic) bond motifs is 1. The van der Waals surface area contributed by atoms with Crippen LogP contribution in [0.15, 0.2) is 41.5 Å². The van der Waals surface area contributed by atoms with Crippen molar-refractivity contribution < 1.29 is 4.74 Å². The Kier molecular flexibility index (Phi) is 4.45. The van der Waals surface area contributed by atoms with Crippen molar-refractivity contribution in [2.75, 3.05) is 13.2 Å². The summed E-state index contributed by atoms with van der Waals surface area (Å²) in [5.74, 6) is 0. The summed E-state index contributed by atoms with van der Waals surface area (Å²) in [7, 11) is 0. The van der Waals surface area contributed by atoms with Gasteiger partial charge in [0.25, 0.3) is 5.56 Å². The van der Waals surface area contributed by atoms with Crippen LogP contribution < -0.4 is 10.9 Å². The zero-order valence-corrected chi connectivity index (χ0v) is 13.8. The van der Waals surface area contributed by atoms with Crippen LogP contribution in [0.3, 0.4) is 0 Å². The van der Waals surface area contributed by atoms with E-state index in [0.717, 1.165) is 44.5 Å². The lowest BCUT2D eigenvalue weighted by molar-refractivity contribution is 0.187. The standard InChI is InChI=1S/C19H23N3O2/c23-19-4-1-15-11-16(21-17-7-10-24-13-17)2-3-18(15)22(19)12-14-5-8-20-9-6-14/h1,4-6,8-9,16-17,21H,2-3,7,10-13H2/t16-,17+/m0/s1. The molecule has 1 aliphatic carbocycles. The summed E-state index contributed by atoms with van der Waals surface area (Å²) in [5, 5.41) is 3.72. The van der Waals surface area contributed by atoms with Gasteiger partial charge >= 0.3 is 0 Å². The van der Waals surface area contributed by atoms with E-state index in [1.165, 1.54) is 11.3 Å². The van der Waals surface area contributed by atoms with Crippen molar-refractivity contribution in [2.45, 2.75) is 44.3 Å². The fourth-order valence-electron chi connectivity index (χ4n) is 3.81. The average Bonchev–Trinajstić information content (AvgIpc) is 3.11. The molecular weight excluding hydrogens is 302 g/mol. The Bertz CT molecular complexity index is 751. The van der Waals surface area contributed by atoms with Crippen LogP contribution in [0.25, 0.3) is 0 Å². The van der Waals surface area contributed by atoms with Crippen LogP contribution in [0, 0.1) is 0 Å². The number of rotatable bonds is 4. The van der Waals surface area contributed by atoms with Crippen molar-refractivity contribution in [3.63, 3.8) is 0 Å². The van der Waals surface area contributed by atoms with Crippen LogP contribution in [0.5, 0.6) is 0 Å². The Labute approximate surface area is 141 Å². The number of aromatic nitrogens is 2. The van der Waals surface area contributed by atoms with Gasteiger partial charge in [-0.2, -0.15) is 0 Å². The van der Waals surface area contributed by atoms with Gasteiger partial charge in [0, 0.05) is 42.8 Å². The summed E-state index contributed by atoms with van der Waals surface area (Å²) < 4.78 is 7.39. The number of pyridine rings is 2. The van der Waals surface area contributed by atoms with E-state index < -0.39 is 0 Å². The summed E-state index contributed by atoms with van der Waals surface area (Å²) in [6.45, 7) is 2.32. The molecular formula is C19H23N3O2.